The smallest absolute Gasteiger partial charge is 0.405 e. The molecule has 47 heavy (non-hydrogen) atoms. The van der Waals surface area contributed by atoms with Crippen LogP contribution < -0.4 is 43.2 Å². The van der Waals surface area contributed by atoms with Gasteiger partial charge in [0, 0.05) is 18.7 Å². The summed E-state index contributed by atoms with van der Waals surface area (Å²) in [5, 5.41) is 13.6. The van der Waals surface area contributed by atoms with Gasteiger partial charge in [-0.1, -0.05) is 43.9 Å². The van der Waals surface area contributed by atoms with Crippen LogP contribution in [0.25, 0.3) is 11.1 Å². The zero-order chi connectivity index (χ0) is 34.0. The summed E-state index contributed by atoms with van der Waals surface area (Å²) in [6, 6.07) is 11.6. The minimum Gasteiger partial charge on any atom is -0.405 e. The average Bonchev–Trinajstić information content (AvgIpc) is 3.04. The maximum atomic E-state index is 13.3. The van der Waals surface area contributed by atoms with Crippen LogP contribution in [0.4, 0.5) is 13.2 Å². The van der Waals surface area contributed by atoms with Crippen molar-refractivity contribution in [1.29, 1.82) is 0 Å². The van der Waals surface area contributed by atoms with Gasteiger partial charge in [-0.2, -0.15) is 0 Å². The van der Waals surface area contributed by atoms with Crippen LogP contribution in [-0.2, 0) is 19.5 Å². The third-order valence-electron chi connectivity index (χ3n) is 8.02. The van der Waals surface area contributed by atoms with Crippen molar-refractivity contribution in [3.63, 3.8) is 0 Å². The van der Waals surface area contributed by atoms with Crippen LogP contribution in [0.5, 0.6) is 5.75 Å². The quantitative estimate of drug-likeness (QED) is 0.0581. The van der Waals surface area contributed by atoms with Crippen molar-refractivity contribution in [3.05, 3.63) is 53.1 Å². The fourth-order valence-corrected chi connectivity index (χ4v) is 5.48. The summed E-state index contributed by atoms with van der Waals surface area (Å²) in [6.07, 6.45) is 8.06. The zero-order valence-corrected chi connectivity index (χ0v) is 28.5. The van der Waals surface area contributed by atoms with Crippen LogP contribution in [0.1, 0.15) is 87.3 Å². The average molecular weight is 666 g/mol. The lowest BCUT2D eigenvalue weighted by Crippen LogP contribution is -2.24. The minimum absolute atomic E-state index is 0.167. The first-order valence-corrected chi connectivity index (χ1v) is 17.8. The van der Waals surface area contributed by atoms with Crippen molar-refractivity contribution in [2.24, 2.45) is 17.2 Å². The van der Waals surface area contributed by atoms with Crippen LogP contribution in [0, 0.1) is 0 Å². The summed E-state index contributed by atoms with van der Waals surface area (Å²) in [7, 11) is 0. The predicted molar refractivity (Wildman–Crippen MR) is 189 cm³/mol. The number of aryl methyl sites for hydroxylation is 1. The lowest BCUT2D eigenvalue weighted by Gasteiger charge is -2.17. The molecule has 0 atom stereocenters. The van der Waals surface area contributed by atoms with Gasteiger partial charge < -0.3 is 43.2 Å². The van der Waals surface area contributed by atoms with E-state index in [0.717, 1.165) is 115 Å². The van der Waals surface area contributed by atoms with E-state index in [-0.39, 0.29) is 12.3 Å². The van der Waals surface area contributed by atoms with Gasteiger partial charge in [0.05, 0.1) is 0 Å². The van der Waals surface area contributed by atoms with Crippen molar-refractivity contribution in [1.82, 2.24) is 21.3 Å². The Morgan fingerprint density at radius 3 is 1.77 bits per heavy atom. The summed E-state index contributed by atoms with van der Waals surface area (Å²) in [5.74, 6) is -0.167. The molecule has 0 aliphatic carbocycles. The van der Waals surface area contributed by atoms with Crippen LogP contribution in [-0.4, -0.2) is 65.3 Å². The molecular formula is C36H62F3N7O. The first-order chi connectivity index (χ1) is 22.9. The Bertz CT molecular complexity index is 1030. The van der Waals surface area contributed by atoms with Crippen molar-refractivity contribution in [3.8, 4) is 16.9 Å². The molecule has 11 heteroatoms. The largest absolute Gasteiger partial charge is 0.573 e. The van der Waals surface area contributed by atoms with Gasteiger partial charge in [0.25, 0.3) is 0 Å². The van der Waals surface area contributed by atoms with Gasteiger partial charge >= 0.3 is 6.36 Å². The fourth-order valence-electron chi connectivity index (χ4n) is 5.48. The van der Waals surface area contributed by atoms with Crippen molar-refractivity contribution in [2.75, 3.05) is 58.9 Å². The van der Waals surface area contributed by atoms with Gasteiger partial charge in [-0.25, -0.2) is 0 Å². The minimum atomic E-state index is -4.76. The van der Waals surface area contributed by atoms with E-state index in [1.54, 1.807) is 6.07 Å². The molecule has 2 rings (SSSR count). The molecule has 268 valence electrons. The molecule has 0 heterocycles. The van der Waals surface area contributed by atoms with Gasteiger partial charge in [0.2, 0.25) is 0 Å². The molecule has 0 spiro atoms. The van der Waals surface area contributed by atoms with E-state index in [2.05, 4.69) is 44.2 Å². The van der Waals surface area contributed by atoms with Gasteiger partial charge in [0.15, 0.2) is 0 Å². The van der Waals surface area contributed by atoms with E-state index < -0.39 is 6.36 Å². The second-order valence-corrected chi connectivity index (χ2v) is 12.3. The topological polar surface area (TPSA) is 135 Å². The molecule has 10 N–H and O–H groups in total. The first kappa shape index (κ1) is 40.9. The Kier molecular flexibility index (Phi) is 22.4. The van der Waals surface area contributed by atoms with Crippen LogP contribution in [0.2, 0.25) is 0 Å². The van der Waals surface area contributed by atoms with Gasteiger partial charge in [-0.05, 0) is 151 Å². The lowest BCUT2D eigenvalue weighted by molar-refractivity contribution is -0.274. The number of rotatable bonds is 29. The highest BCUT2D eigenvalue weighted by atomic mass is 19.4. The molecule has 0 aliphatic heterocycles. The second kappa shape index (κ2) is 25.7. The van der Waals surface area contributed by atoms with E-state index in [9.17, 15) is 13.2 Å². The summed E-state index contributed by atoms with van der Waals surface area (Å²) >= 11 is 0. The molecule has 0 aliphatic rings. The summed E-state index contributed by atoms with van der Waals surface area (Å²) in [5.41, 5.74) is 21.5. The number of ether oxygens (including phenoxy) is 1. The van der Waals surface area contributed by atoms with E-state index in [0.29, 0.717) is 25.2 Å². The Balaban J connectivity index is 2.12. The molecule has 0 bridgehead atoms. The Labute approximate surface area is 281 Å². The molecule has 0 amide bonds. The van der Waals surface area contributed by atoms with E-state index in [1.165, 1.54) is 36.5 Å². The number of halogens is 3. The van der Waals surface area contributed by atoms with Gasteiger partial charge in [-0.3, -0.25) is 0 Å². The standard InChI is InChI=1S/C36H62F3N7O/c37-36(38,39)47-35-14-13-32(27-34(35)29-46-23-11-22-44-21-10-17-42)33-25-30(12-5-4-8-18-43-20-9-16-41)24-31(26-33)28-45-19-7-3-1-2-6-15-40/h13-14,24-27,43-46H,1-12,15-23,28-29,40-42H2. The highest BCUT2D eigenvalue weighted by Gasteiger charge is 2.32. The van der Waals surface area contributed by atoms with Gasteiger partial charge in [0.1, 0.15) is 5.75 Å². The van der Waals surface area contributed by atoms with Crippen LogP contribution in [0.15, 0.2) is 36.4 Å². The summed E-state index contributed by atoms with van der Waals surface area (Å²) in [6.45, 7) is 8.39. The number of alkyl halides is 3. The van der Waals surface area contributed by atoms with Crippen molar-refractivity contribution < 1.29 is 17.9 Å². The van der Waals surface area contributed by atoms with Crippen molar-refractivity contribution >= 4 is 0 Å². The van der Waals surface area contributed by atoms with E-state index in [4.69, 9.17) is 17.2 Å². The number of hydrogen-bond acceptors (Lipinski definition) is 8. The molecule has 8 nitrogen and oxygen atoms in total. The molecule has 0 saturated heterocycles. The van der Waals surface area contributed by atoms with Crippen LogP contribution in [0.3, 0.4) is 0 Å². The number of unbranched alkanes of at least 4 members (excludes halogenated alkanes) is 6. The van der Waals surface area contributed by atoms with E-state index in [1.807, 2.05) is 6.07 Å². The zero-order valence-electron chi connectivity index (χ0n) is 28.5. The molecule has 2 aromatic rings. The number of hydrogen-bond donors (Lipinski definition) is 7. The molecule has 0 unspecified atom stereocenters. The monoisotopic (exact) mass is 665 g/mol. The molecular weight excluding hydrogens is 603 g/mol. The van der Waals surface area contributed by atoms with Crippen molar-refractivity contribution in [2.45, 2.75) is 96.5 Å². The molecule has 2 aromatic carbocycles. The summed E-state index contributed by atoms with van der Waals surface area (Å²) in [4.78, 5) is 0. The maximum Gasteiger partial charge on any atom is 0.573 e. The first-order valence-electron chi connectivity index (χ1n) is 17.8. The third-order valence-corrected chi connectivity index (χ3v) is 8.02. The Hall–Kier alpha value is -2.25. The maximum absolute atomic E-state index is 13.3. The van der Waals surface area contributed by atoms with Gasteiger partial charge in [-0.15, -0.1) is 13.2 Å². The third kappa shape index (κ3) is 20.0. The summed E-state index contributed by atoms with van der Waals surface area (Å²) < 4.78 is 44.2. The second-order valence-electron chi connectivity index (χ2n) is 12.3. The Morgan fingerprint density at radius 2 is 1.06 bits per heavy atom. The van der Waals surface area contributed by atoms with Crippen LogP contribution >= 0.6 is 0 Å². The normalized spacial score (nSPS) is 11.8. The number of nitrogens with two attached hydrogens (primary N) is 3. The highest BCUT2D eigenvalue weighted by molar-refractivity contribution is 5.67. The lowest BCUT2D eigenvalue weighted by atomic mass is 9.95. The molecule has 0 aromatic heterocycles. The SMILES string of the molecule is NCCCCCCCNCc1cc(CCCCCNCCCN)cc(-c2ccc(OC(F)(F)F)c(CNCCCNCCCN)c2)c1. The molecule has 0 saturated carbocycles. The number of nitrogens with one attached hydrogen (secondary N) is 4. The fraction of sp³-hybridized carbons (Fsp3) is 0.667. The Morgan fingerprint density at radius 1 is 0.511 bits per heavy atom. The predicted octanol–water partition coefficient (Wildman–Crippen LogP) is 5.32. The highest BCUT2D eigenvalue weighted by Crippen LogP contribution is 2.32. The molecule has 0 fully saturated rings. The van der Waals surface area contributed by atoms with E-state index >= 15 is 0 Å². The number of benzene rings is 2. The molecule has 0 radical (unpaired) electrons.